The molecule has 0 aromatic carbocycles. The van der Waals surface area contributed by atoms with Gasteiger partial charge in [0.1, 0.15) is 0 Å². The standard InChI is InChI=1S/C11H10F6O6/c12-9(8-21-23-22-8,10(13,14)11(15,16)17)7(19)20-6-4-2-1-3-5(6)18/h6,8H,1-4H2. The fraction of sp³-hybridized carbons (Fsp3) is 0.818. The van der Waals surface area contributed by atoms with Crippen LogP contribution in [0.15, 0.2) is 0 Å². The molecule has 0 radical (unpaired) electrons. The first-order chi connectivity index (χ1) is 10.5. The van der Waals surface area contributed by atoms with E-state index in [1.165, 1.54) is 0 Å². The third kappa shape index (κ3) is 2.90. The average molecular weight is 352 g/mol. The Morgan fingerprint density at radius 2 is 1.70 bits per heavy atom. The molecule has 0 bridgehead atoms. The number of halogens is 6. The molecule has 132 valence electrons. The van der Waals surface area contributed by atoms with Gasteiger partial charge in [-0.15, -0.1) is 0 Å². The molecule has 2 aliphatic rings. The summed E-state index contributed by atoms with van der Waals surface area (Å²) in [6.07, 6.45) is -10.4. The van der Waals surface area contributed by atoms with Crippen molar-refractivity contribution in [2.45, 2.75) is 55.8 Å². The Labute approximate surface area is 124 Å². The first-order valence-corrected chi connectivity index (χ1v) is 6.38. The van der Waals surface area contributed by atoms with E-state index in [1.807, 2.05) is 0 Å². The molecule has 2 rings (SSSR count). The summed E-state index contributed by atoms with van der Waals surface area (Å²) in [5.41, 5.74) is -5.07. The summed E-state index contributed by atoms with van der Waals surface area (Å²) in [5, 5.41) is 3.43. The number of ketones is 1. The van der Waals surface area contributed by atoms with E-state index in [0.29, 0.717) is 12.8 Å². The van der Waals surface area contributed by atoms with E-state index in [-0.39, 0.29) is 12.8 Å². The Bertz CT molecular complexity index is 490. The van der Waals surface area contributed by atoms with Gasteiger partial charge in [0, 0.05) is 6.42 Å². The van der Waals surface area contributed by atoms with Crippen molar-refractivity contribution in [1.29, 1.82) is 0 Å². The van der Waals surface area contributed by atoms with Gasteiger partial charge in [0.05, 0.1) is 0 Å². The summed E-state index contributed by atoms with van der Waals surface area (Å²) in [6.45, 7) is 0. The zero-order valence-electron chi connectivity index (χ0n) is 11.2. The van der Waals surface area contributed by atoms with Crippen LogP contribution in [-0.4, -0.2) is 41.9 Å². The van der Waals surface area contributed by atoms with Crippen LogP contribution in [0.25, 0.3) is 0 Å². The molecule has 1 saturated carbocycles. The van der Waals surface area contributed by atoms with E-state index < -0.39 is 41.9 Å². The van der Waals surface area contributed by atoms with E-state index in [4.69, 9.17) is 0 Å². The van der Waals surface area contributed by atoms with Crippen LogP contribution in [0.2, 0.25) is 0 Å². The Hall–Kier alpha value is -1.40. The number of Topliss-reactive ketones (excluding diaryl/α,β-unsaturated/α-hetero) is 1. The van der Waals surface area contributed by atoms with Crippen molar-refractivity contribution in [3.05, 3.63) is 0 Å². The summed E-state index contributed by atoms with van der Waals surface area (Å²) >= 11 is 0. The Morgan fingerprint density at radius 3 is 2.13 bits per heavy atom. The highest BCUT2D eigenvalue weighted by Gasteiger charge is 2.81. The first-order valence-electron chi connectivity index (χ1n) is 6.38. The second-order valence-electron chi connectivity index (χ2n) is 4.98. The van der Waals surface area contributed by atoms with Gasteiger partial charge in [0.2, 0.25) is 0 Å². The molecule has 0 spiro atoms. The van der Waals surface area contributed by atoms with Gasteiger partial charge in [0.15, 0.2) is 11.9 Å². The third-order valence-corrected chi connectivity index (χ3v) is 3.44. The summed E-state index contributed by atoms with van der Waals surface area (Å²) in [7, 11) is 0. The summed E-state index contributed by atoms with van der Waals surface area (Å²) in [6, 6.07) is 0. The number of hydrogen-bond donors (Lipinski definition) is 0. The summed E-state index contributed by atoms with van der Waals surface area (Å²) < 4.78 is 82.9. The largest absolute Gasteiger partial charge is 0.457 e. The summed E-state index contributed by atoms with van der Waals surface area (Å²) in [4.78, 5) is 30.4. The van der Waals surface area contributed by atoms with E-state index in [2.05, 4.69) is 19.6 Å². The maximum absolute atomic E-state index is 14.4. The van der Waals surface area contributed by atoms with Crippen LogP contribution in [0, 0.1) is 0 Å². The van der Waals surface area contributed by atoms with Crippen LogP contribution in [0.4, 0.5) is 26.3 Å². The summed E-state index contributed by atoms with van der Waals surface area (Å²) in [5.74, 6) is -9.52. The lowest BCUT2D eigenvalue weighted by Crippen LogP contribution is -2.68. The molecule has 23 heavy (non-hydrogen) atoms. The molecule has 1 heterocycles. The minimum atomic E-state index is -6.44. The molecule has 6 nitrogen and oxygen atoms in total. The predicted octanol–water partition coefficient (Wildman–Crippen LogP) is 2.17. The number of carbonyl (C=O) groups is 2. The second kappa shape index (κ2) is 5.91. The fourth-order valence-corrected chi connectivity index (χ4v) is 2.08. The highest BCUT2D eigenvalue weighted by molar-refractivity contribution is 5.89. The number of hydrogen-bond acceptors (Lipinski definition) is 6. The molecule has 0 aromatic heterocycles. The molecule has 0 aromatic rings. The van der Waals surface area contributed by atoms with Crippen LogP contribution < -0.4 is 0 Å². The Balaban J connectivity index is 2.27. The molecule has 0 amide bonds. The van der Waals surface area contributed by atoms with Gasteiger partial charge >= 0.3 is 23.7 Å². The SMILES string of the molecule is O=C1CCCCC1OC(=O)C(F)(C1OOO1)C(F)(F)C(F)(F)F. The van der Waals surface area contributed by atoms with Crippen molar-refractivity contribution in [3.63, 3.8) is 0 Å². The normalized spacial score (nSPS) is 26.3. The van der Waals surface area contributed by atoms with Gasteiger partial charge in [-0.25, -0.2) is 9.18 Å². The van der Waals surface area contributed by atoms with Gasteiger partial charge in [-0.2, -0.15) is 31.7 Å². The van der Waals surface area contributed by atoms with Gasteiger partial charge in [-0.05, 0) is 19.3 Å². The topological polar surface area (TPSA) is 71.1 Å². The lowest BCUT2D eigenvalue weighted by molar-refractivity contribution is -0.706. The second-order valence-corrected chi connectivity index (χ2v) is 4.98. The van der Waals surface area contributed by atoms with E-state index in [0.717, 1.165) is 0 Å². The van der Waals surface area contributed by atoms with Gasteiger partial charge in [-0.1, -0.05) is 5.04 Å². The predicted molar refractivity (Wildman–Crippen MR) is 55.2 cm³/mol. The van der Waals surface area contributed by atoms with Gasteiger partial charge in [-0.3, -0.25) is 4.79 Å². The van der Waals surface area contributed by atoms with Crippen LogP contribution in [-0.2, 0) is 29.1 Å². The molecule has 2 fully saturated rings. The van der Waals surface area contributed by atoms with Crippen LogP contribution in [0.3, 0.4) is 0 Å². The van der Waals surface area contributed by atoms with Crippen molar-refractivity contribution in [3.8, 4) is 0 Å². The highest BCUT2D eigenvalue weighted by Crippen LogP contribution is 2.50. The molecule has 1 aliphatic heterocycles. The number of carbonyl (C=O) groups excluding carboxylic acids is 2. The molecule has 2 unspecified atom stereocenters. The van der Waals surface area contributed by atoms with E-state index in [9.17, 15) is 35.9 Å². The monoisotopic (exact) mass is 352 g/mol. The minimum absolute atomic E-state index is 0.0631. The van der Waals surface area contributed by atoms with Crippen molar-refractivity contribution in [2.75, 3.05) is 0 Å². The maximum atomic E-state index is 14.4. The van der Waals surface area contributed by atoms with Crippen molar-refractivity contribution >= 4 is 11.8 Å². The van der Waals surface area contributed by atoms with Gasteiger partial charge in [0.25, 0.3) is 6.29 Å². The molecule has 1 aliphatic carbocycles. The Kier molecular flexibility index (Phi) is 4.61. The first kappa shape index (κ1) is 17.9. The zero-order valence-corrected chi connectivity index (χ0v) is 11.2. The molecule has 0 N–H and O–H groups in total. The van der Waals surface area contributed by atoms with E-state index in [1.54, 1.807) is 0 Å². The minimum Gasteiger partial charge on any atom is -0.452 e. The van der Waals surface area contributed by atoms with Gasteiger partial charge < -0.3 is 4.74 Å². The lowest BCUT2D eigenvalue weighted by atomic mass is 9.94. The van der Waals surface area contributed by atoms with Crippen molar-refractivity contribution in [2.24, 2.45) is 0 Å². The quantitative estimate of drug-likeness (QED) is 0.439. The lowest BCUT2D eigenvalue weighted by Gasteiger charge is -2.39. The molecular formula is C11H10F6O6. The van der Waals surface area contributed by atoms with Crippen molar-refractivity contribution in [1.82, 2.24) is 0 Å². The smallest absolute Gasteiger partial charge is 0.452 e. The molecular weight excluding hydrogens is 342 g/mol. The number of esters is 1. The average Bonchev–Trinajstić information content (AvgIpc) is 2.37. The van der Waals surface area contributed by atoms with Crippen molar-refractivity contribution < 1.29 is 55.5 Å². The maximum Gasteiger partial charge on any atom is 0.457 e. The highest BCUT2D eigenvalue weighted by atomic mass is 19.4. The molecule has 2 atom stereocenters. The number of ether oxygens (including phenoxy) is 1. The number of alkyl halides is 6. The van der Waals surface area contributed by atoms with E-state index >= 15 is 0 Å². The third-order valence-electron chi connectivity index (χ3n) is 3.44. The molecule has 12 heteroatoms. The molecule has 1 saturated heterocycles. The van der Waals surface area contributed by atoms with Crippen LogP contribution in [0.1, 0.15) is 25.7 Å². The fourth-order valence-electron chi connectivity index (χ4n) is 2.08. The van der Waals surface area contributed by atoms with Crippen LogP contribution in [0.5, 0.6) is 0 Å². The van der Waals surface area contributed by atoms with Crippen LogP contribution >= 0.6 is 0 Å². The Morgan fingerprint density at radius 1 is 1.09 bits per heavy atom. The number of rotatable bonds is 4. The zero-order chi connectivity index (χ0) is 17.5.